The van der Waals surface area contributed by atoms with Gasteiger partial charge in [0.05, 0.1) is 0 Å². The standard InChI is InChI=1S/C20H29FN2O/c1-15(16-7-9-18(21)10-8-16)23-13-11-17(12-14-23)20(24)22-19-5-3-2-4-6-19/h7-10,15,17,19H,2-6,11-14H2,1H3,(H,22,24)/t15-/m1/s1. The summed E-state index contributed by atoms with van der Waals surface area (Å²) in [5, 5.41) is 3.27. The summed E-state index contributed by atoms with van der Waals surface area (Å²) in [7, 11) is 0. The highest BCUT2D eigenvalue weighted by Crippen LogP contribution is 2.27. The minimum atomic E-state index is -0.191. The number of nitrogens with one attached hydrogen (secondary N) is 1. The third kappa shape index (κ3) is 4.35. The molecule has 0 bridgehead atoms. The van der Waals surface area contributed by atoms with Crippen LogP contribution in [0.4, 0.5) is 4.39 Å². The van der Waals surface area contributed by atoms with E-state index >= 15 is 0 Å². The number of piperidine rings is 1. The minimum absolute atomic E-state index is 0.156. The van der Waals surface area contributed by atoms with Crippen LogP contribution in [0.2, 0.25) is 0 Å². The average Bonchev–Trinajstić information content (AvgIpc) is 2.63. The molecule has 1 aliphatic carbocycles. The van der Waals surface area contributed by atoms with Gasteiger partial charge in [-0.1, -0.05) is 31.4 Å². The molecule has 2 aliphatic rings. The molecule has 1 atom stereocenters. The van der Waals surface area contributed by atoms with Gasteiger partial charge in [0.15, 0.2) is 0 Å². The number of halogens is 1. The van der Waals surface area contributed by atoms with Gasteiger partial charge in [0.25, 0.3) is 0 Å². The van der Waals surface area contributed by atoms with Crippen LogP contribution in [0.3, 0.4) is 0 Å². The maximum absolute atomic E-state index is 13.1. The summed E-state index contributed by atoms with van der Waals surface area (Å²) in [4.78, 5) is 14.9. The molecule has 0 aromatic heterocycles. The lowest BCUT2D eigenvalue weighted by Crippen LogP contribution is -2.44. The predicted octanol–water partition coefficient (Wildman–Crippen LogP) is 4.05. The van der Waals surface area contributed by atoms with Crippen LogP contribution < -0.4 is 5.32 Å². The fourth-order valence-electron chi connectivity index (χ4n) is 4.07. The molecule has 1 aliphatic heterocycles. The normalized spacial score (nSPS) is 22.2. The van der Waals surface area contributed by atoms with Crippen molar-refractivity contribution in [3.05, 3.63) is 35.6 Å². The number of likely N-dealkylation sites (tertiary alicyclic amines) is 1. The number of hydrogen-bond donors (Lipinski definition) is 1. The minimum Gasteiger partial charge on any atom is -0.353 e. The van der Waals surface area contributed by atoms with Gasteiger partial charge in [-0.25, -0.2) is 4.39 Å². The largest absolute Gasteiger partial charge is 0.353 e. The fourth-order valence-corrected chi connectivity index (χ4v) is 4.07. The van der Waals surface area contributed by atoms with Crippen molar-refractivity contribution in [1.82, 2.24) is 10.2 Å². The van der Waals surface area contributed by atoms with Gasteiger partial charge < -0.3 is 5.32 Å². The number of carbonyl (C=O) groups is 1. The molecule has 3 nitrogen and oxygen atoms in total. The highest BCUT2D eigenvalue weighted by atomic mass is 19.1. The third-order valence-electron chi connectivity index (χ3n) is 5.75. The second-order valence-corrected chi connectivity index (χ2v) is 7.38. The van der Waals surface area contributed by atoms with Gasteiger partial charge in [0.2, 0.25) is 5.91 Å². The van der Waals surface area contributed by atoms with E-state index in [4.69, 9.17) is 0 Å². The molecule has 1 N–H and O–H groups in total. The molecule has 1 aromatic rings. The molecule has 132 valence electrons. The quantitative estimate of drug-likeness (QED) is 0.902. The molecule has 1 heterocycles. The lowest BCUT2D eigenvalue weighted by molar-refractivity contribution is -0.127. The van der Waals surface area contributed by atoms with Crippen LogP contribution in [0.1, 0.15) is 63.5 Å². The number of rotatable bonds is 4. The maximum atomic E-state index is 13.1. The summed E-state index contributed by atoms with van der Waals surface area (Å²) in [6.45, 7) is 4.03. The topological polar surface area (TPSA) is 32.3 Å². The summed E-state index contributed by atoms with van der Waals surface area (Å²) in [6, 6.07) is 7.45. The van der Waals surface area contributed by atoms with E-state index in [-0.39, 0.29) is 23.7 Å². The maximum Gasteiger partial charge on any atom is 0.223 e. The number of nitrogens with zero attached hydrogens (tertiary/aromatic N) is 1. The van der Waals surface area contributed by atoms with E-state index < -0.39 is 0 Å². The first-order valence-electron chi connectivity index (χ1n) is 9.43. The molecule has 0 radical (unpaired) electrons. The van der Waals surface area contributed by atoms with Crippen molar-refractivity contribution in [3.8, 4) is 0 Å². The number of carbonyl (C=O) groups excluding carboxylic acids is 1. The second kappa shape index (κ2) is 8.11. The van der Waals surface area contributed by atoms with E-state index in [1.54, 1.807) is 0 Å². The van der Waals surface area contributed by atoms with Crippen LogP contribution in [0.5, 0.6) is 0 Å². The average molecular weight is 332 g/mol. The van der Waals surface area contributed by atoms with Crippen molar-refractivity contribution in [2.24, 2.45) is 5.92 Å². The lowest BCUT2D eigenvalue weighted by atomic mass is 9.91. The van der Waals surface area contributed by atoms with Crippen LogP contribution in [0, 0.1) is 11.7 Å². The summed E-state index contributed by atoms with van der Waals surface area (Å²) in [5.74, 6) is 0.226. The Morgan fingerprint density at radius 3 is 2.33 bits per heavy atom. The van der Waals surface area contributed by atoms with Crippen molar-refractivity contribution in [2.75, 3.05) is 13.1 Å². The van der Waals surface area contributed by atoms with E-state index in [0.29, 0.717) is 6.04 Å². The van der Waals surface area contributed by atoms with Gasteiger partial charge in [-0.15, -0.1) is 0 Å². The first-order valence-corrected chi connectivity index (χ1v) is 9.43. The molecule has 4 heteroatoms. The van der Waals surface area contributed by atoms with Crippen LogP contribution in [0.25, 0.3) is 0 Å². The van der Waals surface area contributed by atoms with Crippen molar-refractivity contribution >= 4 is 5.91 Å². The van der Waals surface area contributed by atoms with Crippen LogP contribution in [-0.4, -0.2) is 29.9 Å². The molecule has 2 fully saturated rings. The summed E-state index contributed by atoms with van der Waals surface area (Å²) < 4.78 is 13.1. The Morgan fingerprint density at radius 2 is 1.71 bits per heavy atom. The van der Waals surface area contributed by atoms with Gasteiger partial charge in [-0.3, -0.25) is 9.69 Å². The van der Waals surface area contributed by atoms with E-state index in [0.717, 1.165) is 44.3 Å². The molecule has 1 amide bonds. The van der Waals surface area contributed by atoms with Crippen molar-refractivity contribution < 1.29 is 9.18 Å². The summed E-state index contributed by atoms with van der Waals surface area (Å²) in [6.07, 6.45) is 7.94. The van der Waals surface area contributed by atoms with Gasteiger partial charge in [-0.2, -0.15) is 0 Å². The Balaban J connectivity index is 1.47. The van der Waals surface area contributed by atoms with Crippen LogP contribution >= 0.6 is 0 Å². The van der Waals surface area contributed by atoms with Crippen molar-refractivity contribution in [1.29, 1.82) is 0 Å². The molecule has 0 unspecified atom stereocenters. The first-order chi connectivity index (χ1) is 11.6. The zero-order chi connectivity index (χ0) is 16.9. The van der Waals surface area contributed by atoms with E-state index in [1.807, 2.05) is 12.1 Å². The summed E-state index contributed by atoms with van der Waals surface area (Å²) >= 11 is 0. The van der Waals surface area contributed by atoms with E-state index in [9.17, 15) is 9.18 Å². The van der Waals surface area contributed by atoms with E-state index in [1.165, 1.54) is 31.4 Å². The van der Waals surface area contributed by atoms with Gasteiger partial charge >= 0.3 is 0 Å². The van der Waals surface area contributed by atoms with Crippen LogP contribution in [-0.2, 0) is 4.79 Å². The molecule has 0 spiro atoms. The SMILES string of the molecule is C[C@H](c1ccc(F)cc1)N1CCC(C(=O)NC2CCCCC2)CC1. The smallest absolute Gasteiger partial charge is 0.223 e. The predicted molar refractivity (Wildman–Crippen MR) is 94.1 cm³/mol. The Kier molecular flexibility index (Phi) is 5.88. The molecule has 24 heavy (non-hydrogen) atoms. The van der Waals surface area contributed by atoms with Crippen molar-refractivity contribution in [3.63, 3.8) is 0 Å². The Morgan fingerprint density at radius 1 is 1.08 bits per heavy atom. The Bertz CT molecular complexity index is 531. The Hall–Kier alpha value is -1.42. The monoisotopic (exact) mass is 332 g/mol. The molecular weight excluding hydrogens is 303 g/mol. The molecule has 1 saturated carbocycles. The zero-order valence-corrected chi connectivity index (χ0v) is 14.6. The second-order valence-electron chi connectivity index (χ2n) is 7.38. The molecular formula is C20H29FN2O. The molecule has 3 rings (SSSR count). The van der Waals surface area contributed by atoms with Gasteiger partial charge in [0, 0.05) is 18.0 Å². The van der Waals surface area contributed by atoms with Gasteiger partial charge in [0.1, 0.15) is 5.82 Å². The zero-order valence-electron chi connectivity index (χ0n) is 14.6. The summed E-state index contributed by atoms with van der Waals surface area (Å²) in [5.41, 5.74) is 1.14. The first kappa shape index (κ1) is 17.4. The van der Waals surface area contributed by atoms with E-state index in [2.05, 4.69) is 17.1 Å². The number of amides is 1. The lowest BCUT2D eigenvalue weighted by Gasteiger charge is -2.36. The number of benzene rings is 1. The molecule has 1 aromatic carbocycles. The highest BCUT2D eigenvalue weighted by molar-refractivity contribution is 5.79. The molecule has 1 saturated heterocycles. The van der Waals surface area contributed by atoms with Crippen LogP contribution in [0.15, 0.2) is 24.3 Å². The fraction of sp³-hybridized carbons (Fsp3) is 0.650. The number of hydrogen-bond acceptors (Lipinski definition) is 2. The van der Waals surface area contributed by atoms with Crippen molar-refractivity contribution in [2.45, 2.75) is 64.0 Å². The Labute approximate surface area is 144 Å². The highest BCUT2D eigenvalue weighted by Gasteiger charge is 2.29. The third-order valence-corrected chi connectivity index (χ3v) is 5.75. The van der Waals surface area contributed by atoms with Gasteiger partial charge in [-0.05, 0) is 63.4 Å².